The molecule has 3 nitrogen and oxygen atoms in total. The molecular formula is C13H11FN2OS2. The second-order valence-electron chi connectivity index (χ2n) is 3.62. The zero-order valence-corrected chi connectivity index (χ0v) is 11.6. The van der Waals surface area contributed by atoms with E-state index >= 15 is 0 Å². The molecule has 19 heavy (non-hydrogen) atoms. The van der Waals surface area contributed by atoms with Crippen LogP contribution in [0.25, 0.3) is 0 Å². The number of aliphatic hydroxyl groups is 1. The lowest BCUT2D eigenvalue weighted by Gasteiger charge is -2.01. The van der Waals surface area contributed by atoms with Crippen LogP contribution in [0.4, 0.5) is 4.39 Å². The Hall–Kier alpha value is -1.42. The predicted molar refractivity (Wildman–Crippen MR) is 74.5 cm³/mol. The van der Waals surface area contributed by atoms with Gasteiger partial charge in [0.2, 0.25) is 0 Å². The number of halogens is 1. The number of aliphatic hydroxyl groups excluding tert-OH is 1. The van der Waals surface area contributed by atoms with E-state index in [-0.39, 0.29) is 12.4 Å². The van der Waals surface area contributed by atoms with E-state index in [1.54, 1.807) is 5.51 Å². The molecule has 98 valence electrons. The molecule has 0 atom stereocenters. The van der Waals surface area contributed by atoms with Gasteiger partial charge in [-0.25, -0.2) is 4.39 Å². The molecule has 0 bridgehead atoms. The van der Waals surface area contributed by atoms with E-state index in [1.807, 2.05) is 6.07 Å². The fourth-order valence-corrected chi connectivity index (χ4v) is 2.82. The quantitative estimate of drug-likeness (QED) is 0.695. The number of hydrogen-bond acceptors (Lipinski definition) is 5. The fraction of sp³-hybridized carbons (Fsp3) is 0.231. The highest BCUT2D eigenvalue weighted by Crippen LogP contribution is 2.24. The van der Waals surface area contributed by atoms with Crippen molar-refractivity contribution in [1.82, 2.24) is 10.2 Å². The number of rotatable bonds is 4. The molecule has 2 aromatic rings. The van der Waals surface area contributed by atoms with Crippen molar-refractivity contribution in [3.05, 3.63) is 40.7 Å². The molecule has 0 aliphatic heterocycles. The van der Waals surface area contributed by atoms with Gasteiger partial charge in [-0.05, 0) is 23.8 Å². The van der Waals surface area contributed by atoms with Gasteiger partial charge in [0.1, 0.15) is 11.3 Å². The first-order valence-corrected chi connectivity index (χ1v) is 7.42. The lowest BCUT2D eigenvalue weighted by atomic mass is 10.1. The van der Waals surface area contributed by atoms with Crippen LogP contribution in [0.2, 0.25) is 0 Å². The Kier molecular flexibility index (Phi) is 5.33. The molecule has 2 rings (SSSR count). The fourth-order valence-electron chi connectivity index (χ4n) is 1.40. The van der Waals surface area contributed by atoms with Crippen molar-refractivity contribution < 1.29 is 9.50 Å². The highest BCUT2D eigenvalue weighted by atomic mass is 32.2. The lowest BCUT2D eigenvalue weighted by molar-refractivity contribution is 0.305. The maximum Gasteiger partial charge on any atom is 0.174 e. The van der Waals surface area contributed by atoms with Gasteiger partial charge in [0.25, 0.3) is 0 Å². The summed E-state index contributed by atoms with van der Waals surface area (Å²) in [7, 11) is 0. The van der Waals surface area contributed by atoms with Crippen LogP contribution in [0.3, 0.4) is 0 Å². The lowest BCUT2D eigenvalue weighted by Crippen LogP contribution is -1.87. The van der Waals surface area contributed by atoms with Gasteiger partial charge < -0.3 is 5.11 Å². The molecule has 0 saturated heterocycles. The van der Waals surface area contributed by atoms with Crippen molar-refractivity contribution in [1.29, 1.82) is 0 Å². The summed E-state index contributed by atoms with van der Waals surface area (Å²) in [5.74, 6) is 5.94. The van der Waals surface area contributed by atoms with E-state index in [2.05, 4.69) is 22.0 Å². The third kappa shape index (κ3) is 4.63. The molecule has 0 unspecified atom stereocenters. The Bertz CT molecular complexity index is 590. The Labute approximate surface area is 118 Å². The zero-order chi connectivity index (χ0) is 13.5. The molecule has 0 aliphatic rings. The van der Waals surface area contributed by atoms with Crippen molar-refractivity contribution in [2.75, 3.05) is 6.61 Å². The van der Waals surface area contributed by atoms with Crippen molar-refractivity contribution in [3.63, 3.8) is 0 Å². The smallest absolute Gasteiger partial charge is 0.174 e. The van der Waals surface area contributed by atoms with Crippen molar-refractivity contribution in [3.8, 4) is 11.8 Å². The Morgan fingerprint density at radius 2 is 2.26 bits per heavy atom. The monoisotopic (exact) mass is 294 g/mol. The van der Waals surface area contributed by atoms with Gasteiger partial charge in [-0.2, -0.15) is 0 Å². The van der Waals surface area contributed by atoms with Gasteiger partial charge in [-0.15, -0.1) is 10.2 Å². The Morgan fingerprint density at radius 3 is 3.00 bits per heavy atom. The topological polar surface area (TPSA) is 46.0 Å². The number of hydrogen-bond donors (Lipinski definition) is 1. The van der Waals surface area contributed by atoms with Gasteiger partial charge in [-0.1, -0.05) is 34.9 Å². The van der Waals surface area contributed by atoms with Crippen molar-refractivity contribution in [2.45, 2.75) is 16.5 Å². The third-order valence-corrected chi connectivity index (χ3v) is 4.06. The molecular weight excluding hydrogens is 283 g/mol. The van der Waals surface area contributed by atoms with Crippen molar-refractivity contribution in [2.24, 2.45) is 0 Å². The first-order valence-electron chi connectivity index (χ1n) is 5.56. The number of thioether (sulfide) groups is 1. The maximum atomic E-state index is 13.5. The van der Waals surface area contributed by atoms with Crippen LogP contribution in [0, 0.1) is 17.7 Å². The summed E-state index contributed by atoms with van der Waals surface area (Å²) in [5, 5.41) is 16.3. The number of benzene rings is 1. The zero-order valence-electron chi connectivity index (χ0n) is 9.97. The molecule has 0 fully saturated rings. The minimum Gasteiger partial charge on any atom is -0.395 e. The van der Waals surface area contributed by atoms with E-state index < -0.39 is 0 Å². The second-order valence-corrected chi connectivity index (χ2v) is 5.67. The van der Waals surface area contributed by atoms with E-state index in [1.165, 1.54) is 35.2 Å². The minimum absolute atomic E-state index is 0.0159. The largest absolute Gasteiger partial charge is 0.395 e. The molecule has 0 aliphatic carbocycles. The van der Waals surface area contributed by atoms with Crippen LogP contribution in [0.15, 0.2) is 28.0 Å². The summed E-state index contributed by atoms with van der Waals surface area (Å²) in [4.78, 5) is 0. The summed E-state index contributed by atoms with van der Waals surface area (Å²) in [6, 6.07) is 4.73. The van der Waals surface area contributed by atoms with Crippen LogP contribution in [0.5, 0.6) is 0 Å². The summed E-state index contributed by atoms with van der Waals surface area (Å²) >= 11 is 2.97. The van der Waals surface area contributed by atoms with Gasteiger partial charge in [0.15, 0.2) is 4.34 Å². The highest BCUT2D eigenvalue weighted by molar-refractivity contribution is 8.00. The molecule has 1 heterocycles. The van der Waals surface area contributed by atoms with E-state index in [9.17, 15) is 4.39 Å². The molecule has 0 amide bonds. The van der Waals surface area contributed by atoms with Crippen molar-refractivity contribution >= 4 is 23.1 Å². The average Bonchev–Trinajstić information content (AvgIpc) is 2.89. The Morgan fingerprint density at radius 1 is 1.37 bits per heavy atom. The summed E-state index contributed by atoms with van der Waals surface area (Å²) in [6.07, 6.45) is 0.394. The van der Waals surface area contributed by atoms with Gasteiger partial charge in [-0.3, -0.25) is 0 Å². The van der Waals surface area contributed by atoms with E-state index in [0.29, 0.717) is 17.7 Å². The molecule has 0 radical (unpaired) electrons. The first-order chi connectivity index (χ1) is 9.28. The van der Waals surface area contributed by atoms with Gasteiger partial charge in [0.05, 0.1) is 6.61 Å². The summed E-state index contributed by atoms with van der Waals surface area (Å²) < 4.78 is 14.3. The van der Waals surface area contributed by atoms with E-state index in [4.69, 9.17) is 5.11 Å². The number of nitrogens with zero attached hydrogens (tertiary/aromatic N) is 2. The molecule has 1 N–H and O–H groups in total. The first kappa shape index (κ1) is 14.0. The molecule has 0 spiro atoms. The average molecular weight is 294 g/mol. The number of aromatic nitrogens is 2. The van der Waals surface area contributed by atoms with Crippen LogP contribution in [0.1, 0.15) is 17.5 Å². The summed E-state index contributed by atoms with van der Waals surface area (Å²) in [6.45, 7) is 0.0159. The molecule has 0 saturated carbocycles. The van der Waals surface area contributed by atoms with Gasteiger partial charge in [0, 0.05) is 17.7 Å². The predicted octanol–water partition coefficient (Wildman–Crippen LogP) is 2.70. The third-order valence-electron chi connectivity index (χ3n) is 2.13. The second kappa shape index (κ2) is 7.24. The molecule has 6 heteroatoms. The minimum atomic E-state index is -0.302. The molecule has 1 aromatic heterocycles. The highest BCUT2D eigenvalue weighted by Gasteiger charge is 2.02. The maximum absolute atomic E-state index is 13.5. The van der Waals surface area contributed by atoms with Gasteiger partial charge >= 0.3 is 0 Å². The standard InChI is InChI=1S/C13H11FN2OS2/c14-12-6-10(3-1-2-4-17)5-11(7-12)8-18-13-16-15-9-19-13/h5-7,9,17H,2,4,8H2. The van der Waals surface area contributed by atoms with Crippen LogP contribution >= 0.6 is 23.1 Å². The SMILES string of the molecule is OCCC#Cc1cc(F)cc(CSc2nncs2)c1. The van der Waals surface area contributed by atoms with Crippen LogP contribution in [-0.2, 0) is 5.75 Å². The Balaban J connectivity index is 2.06. The summed E-state index contributed by atoms with van der Waals surface area (Å²) in [5.41, 5.74) is 3.15. The van der Waals surface area contributed by atoms with E-state index in [0.717, 1.165) is 9.90 Å². The van der Waals surface area contributed by atoms with Crippen LogP contribution < -0.4 is 0 Å². The van der Waals surface area contributed by atoms with Crippen LogP contribution in [-0.4, -0.2) is 21.9 Å². The molecule has 1 aromatic carbocycles. The normalized spacial score (nSPS) is 10.0.